The van der Waals surface area contributed by atoms with Gasteiger partial charge in [-0.1, -0.05) is 41.5 Å². The molecule has 2 rings (SSSR count). The Balaban J connectivity index is 2.55. The van der Waals surface area contributed by atoms with Crippen molar-refractivity contribution in [3.05, 3.63) is 17.8 Å². The highest BCUT2D eigenvalue weighted by atomic mass is 16.2. The average Bonchev–Trinajstić information content (AvgIpc) is 2.52. The smallest absolute Gasteiger partial charge is 0.233 e. The number of pyridine rings is 1. The van der Waals surface area contributed by atoms with Gasteiger partial charge in [-0.2, -0.15) is 9.97 Å². The summed E-state index contributed by atoms with van der Waals surface area (Å²) in [5.74, 6) is -0.306. The predicted molar refractivity (Wildman–Crippen MR) is 98.9 cm³/mol. The van der Waals surface area contributed by atoms with E-state index in [9.17, 15) is 14.4 Å². The second-order valence-corrected chi connectivity index (χ2v) is 8.06. The molecule has 2 aromatic rings. The summed E-state index contributed by atoms with van der Waals surface area (Å²) in [6.07, 6.45) is 2.02. The van der Waals surface area contributed by atoms with E-state index in [1.807, 2.05) is 0 Å². The Labute approximate surface area is 151 Å². The van der Waals surface area contributed by atoms with Crippen molar-refractivity contribution in [2.24, 2.45) is 10.8 Å². The van der Waals surface area contributed by atoms with Crippen LogP contribution in [0, 0.1) is 10.8 Å². The van der Waals surface area contributed by atoms with E-state index in [1.165, 1.54) is 6.20 Å². The van der Waals surface area contributed by atoms with E-state index in [-0.39, 0.29) is 29.2 Å². The number of rotatable bonds is 3. The summed E-state index contributed by atoms with van der Waals surface area (Å²) in [5.41, 5.74) is -0.693. The summed E-state index contributed by atoms with van der Waals surface area (Å²) in [4.78, 5) is 48.2. The third kappa shape index (κ3) is 4.38. The number of nitrogens with zero attached hydrogens (tertiary/aromatic N) is 3. The first-order valence-corrected chi connectivity index (χ1v) is 8.17. The average molecular weight is 357 g/mol. The van der Waals surface area contributed by atoms with Crippen LogP contribution in [0.2, 0.25) is 0 Å². The lowest BCUT2D eigenvalue weighted by Crippen LogP contribution is -2.30. The van der Waals surface area contributed by atoms with Gasteiger partial charge in [0.1, 0.15) is 5.82 Å². The molecule has 0 aromatic carbocycles. The van der Waals surface area contributed by atoms with E-state index in [1.54, 1.807) is 47.6 Å². The summed E-state index contributed by atoms with van der Waals surface area (Å²) in [6, 6.07) is 1.54. The molecule has 2 N–H and O–H groups in total. The zero-order valence-electron chi connectivity index (χ0n) is 15.8. The fourth-order valence-corrected chi connectivity index (χ4v) is 1.83. The van der Waals surface area contributed by atoms with Crippen LogP contribution in [0.5, 0.6) is 0 Å². The number of hydrogen-bond acceptors (Lipinski definition) is 6. The van der Waals surface area contributed by atoms with Gasteiger partial charge in [-0.15, -0.1) is 0 Å². The zero-order chi connectivity index (χ0) is 19.7. The largest absolute Gasteiger partial charge is 0.310 e. The SMILES string of the molecule is CC(C)(C)C(=O)Nc1nc(NC(=O)C(C)(C)C)c2cc(C=O)cnc2n1. The molecule has 0 saturated heterocycles. The molecule has 0 aliphatic carbocycles. The normalized spacial score (nSPS) is 11.9. The number of aromatic nitrogens is 3. The number of hydrogen-bond donors (Lipinski definition) is 2. The maximum atomic E-state index is 12.4. The van der Waals surface area contributed by atoms with Gasteiger partial charge >= 0.3 is 0 Å². The van der Waals surface area contributed by atoms with Gasteiger partial charge < -0.3 is 5.32 Å². The summed E-state index contributed by atoms with van der Waals surface area (Å²) >= 11 is 0. The van der Waals surface area contributed by atoms with Crippen molar-refractivity contribution in [2.75, 3.05) is 10.6 Å². The molecule has 0 radical (unpaired) electrons. The molecule has 0 bridgehead atoms. The van der Waals surface area contributed by atoms with Crippen molar-refractivity contribution in [3.8, 4) is 0 Å². The Bertz CT molecular complexity index is 879. The maximum absolute atomic E-state index is 12.4. The molecule has 0 unspecified atom stereocenters. The lowest BCUT2D eigenvalue weighted by Gasteiger charge is -2.19. The van der Waals surface area contributed by atoms with Crippen LogP contribution < -0.4 is 10.6 Å². The van der Waals surface area contributed by atoms with Crippen molar-refractivity contribution in [1.29, 1.82) is 0 Å². The highest BCUT2D eigenvalue weighted by Crippen LogP contribution is 2.25. The topological polar surface area (TPSA) is 114 Å². The molecule has 2 aromatic heterocycles. The molecule has 2 amide bonds. The molecule has 0 aliphatic heterocycles. The molecular formula is C18H23N5O3. The molecule has 0 fully saturated rings. The molecule has 0 atom stereocenters. The fraction of sp³-hybridized carbons (Fsp3) is 0.444. The van der Waals surface area contributed by atoms with Crippen LogP contribution in [0.25, 0.3) is 11.0 Å². The van der Waals surface area contributed by atoms with E-state index >= 15 is 0 Å². The van der Waals surface area contributed by atoms with Gasteiger partial charge in [-0.3, -0.25) is 19.7 Å². The predicted octanol–water partition coefficient (Wildman–Crippen LogP) is 2.81. The third-order valence-corrected chi connectivity index (χ3v) is 3.53. The molecular weight excluding hydrogens is 334 g/mol. The minimum Gasteiger partial charge on any atom is -0.310 e. The van der Waals surface area contributed by atoms with Crippen molar-refractivity contribution >= 4 is 40.9 Å². The van der Waals surface area contributed by atoms with Crippen molar-refractivity contribution in [3.63, 3.8) is 0 Å². The molecule has 0 aliphatic rings. The number of anilines is 2. The number of amides is 2. The van der Waals surface area contributed by atoms with E-state index < -0.39 is 10.8 Å². The highest BCUT2D eigenvalue weighted by molar-refractivity contribution is 6.02. The standard InChI is InChI=1S/C18H23N5O3/c1-17(2,3)14(25)20-13-11-7-10(9-24)8-19-12(11)21-16(22-13)23-15(26)18(4,5)6/h7-9H,1-6H3,(H2,19,20,21,22,23,25,26). The third-order valence-electron chi connectivity index (χ3n) is 3.53. The van der Waals surface area contributed by atoms with Gasteiger partial charge in [0.2, 0.25) is 17.8 Å². The van der Waals surface area contributed by atoms with Crippen LogP contribution in [0.4, 0.5) is 11.8 Å². The van der Waals surface area contributed by atoms with Crippen LogP contribution in [0.15, 0.2) is 12.3 Å². The van der Waals surface area contributed by atoms with Crippen LogP contribution in [0.3, 0.4) is 0 Å². The maximum Gasteiger partial charge on any atom is 0.233 e. The highest BCUT2D eigenvalue weighted by Gasteiger charge is 2.25. The van der Waals surface area contributed by atoms with E-state index in [0.717, 1.165) is 0 Å². The lowest BCUT2D eigenvalue weighted by atomic mass is 9.95. The molecule has 2 heterocycles. The molecule has 0 saturated carbocycles. The molecule has 8 nitrogen and oxygen atoms in total. The molecule has 26 heavy (non-hydrogen) atoms. The fourth-order valence-electron chi connectivity index (χ4n) is 1.83. The van der Waals surface area contributed by atoms with Crippen LogP contribution in [-0.2, 0) is 9.59 Å². The second kappa shape index (κ2) is 6.78. The number of carbonyl (C=O) groups is 3. The quantitative estimate of drug-likeness (QED) is 0.817. The Hall–Kier alpha value is -2.90. The van der Waals surface area contributed by atoms with Gasteiger partial charge in [-0.05, 0) is 6.07 Å². The van der Waals surface area contributed by atoms with Crippen LogP contribution >= 0.6 is 0 Å². The van der Waals surface area contributed by atoms with Gasteiger partial charge in [0.05, 0.1) is 5.39 Å². The number of nitrogens with one attached hydrogen (secondary N) is 2. The summed E-state index contributed by atoms with van der Waals surface area (Å²) in [7, 11) is 0. The lowest BCUT2D eigenvalue weighted by molar-refractivity contribution is -0.123. The first-order chi connectivity index (χ1) is 11.9. The van der Waals surface area contributed by atoms with E-state index in [0.29, 0.717) is 17.2 Å². The monoisotopic (exact) mass is 357 g/mol. The molecule has 8 heteroatoms. The van der Waals surface area contributed by atoms with Crippen LogP contribution in [-0.4, -0.2) is 33.1 Å². The van der Waals surface area contributed by atoms with Crippen molar-refractivity contribution in [2.45, 2.75) is 41.5 Å². The Morgan fingerprint density at radius 2 is 1.54 bits per heavy atom. The van der Waals surface area contributed by atoms with Gasteiger partial charge in [-0.25, -0.2) is 4.98 Å². The Kier molecular flexibility index (Phi) is 5.06. The first kappa shape index (κ1) is 19.4. The number of fused-ring (bicyclic) bond motifs is 1. The summed E-state index contributed by atoms with van der Waals surface area (Å²) in [6.45, 7) is 10.6. The van der Waals surface area contributed by atoms with E-state index in [2.05, 4.69) is 25.6 Å². The summed E-state index contributed by atoms with van der Waals surface area (Å²) in [5, 5.41) is 5.78. The minimum absolute atomic E-state index is 0.0352. The first-order valence-electron chi connectivity index (χ1n) is 8.17. The number of carbonyl (C=O) groups excluding carboxylic acids is 3. The van der Waals surface area contributed by atoms with Gasteiger partial charge in [0.25, 0.3) is 0 Å². The minimum atomic E-state index is -0.651. The summed E-state index contributed by atoms with van der Waals surface area (Å²) < 4.78 is 0. The Morgan fingerprint density at radius 3 is 2.08 bits per heavy atom. The Morgan fingerprint density at radius 1 is 0.962 bits per heavy atom. The van der Waals surface area contributed by atoms with Crippen molar-refractivity contribution < 1.29 is 14.4 Å². The zero-order valence-corrected chi connectivity index (χ0v) is 15.8. The molecule has 138 valence electrons. The molecule has 0 spiro atoms. The second-order valence-electron chi connectivity index (χ2n) is 8.06. The van der Waals surface area contributed by atoms with E-state index in [4.69, 9.17) is 0 Å². The van der Waals surface area contributed by atoms with Gasteiger partial charge in [0.15, 0.2) is 11.9 Å². The van der Waals surface area contributed by atoms with Crippen LogP contribution in [0.1, 0.15) is 51.9 Å². The number of aldehydes is 1. The van der Waals surface area contributed by atoms with Crippen molar-refractivity contribution in [1.82, 2.24) is 15.0 Å². The van der Waals surface area contributed by atoms with Gasteiger partial charge in [0, 0.05) is 22.6 Å².